The second kappa shape index (κ2) is 15.0. The number of nitrogens with zero attached hydrogens (tertiary/aromatic N) is 4. The van der Waals surface area contributed by atoms with Crippen molar-refractivity contribution >= 4 is 11.0 Å². The Morgan fingerprint density at radius 2 is 0.815 bits per heavy atom. The van der Waals surface area contributed by atoms with Gasteiger partial charge in [0.1, 0.15) is 11.6 Å². The molecule has 0 spiro atoms. The lowest BCUT2D eigenvalue weighted by molar-refractivity contribution is 0.0753. The molecule has 6 aromatic rings. The number of hydrogen-bond acceptors (Lipinski definition) is 4. The molecule has 6 nitrogen and oxygen atoms in total. The van der Waals surface area contributed by atoms with E-state index in [2.05, 4.69) is 43.0 Å². The SMILES string of the molecule is O[C@@H](c1c(C2CC2)ccc2cncn12)C1CCC(c2ccc(F)cc2)CC1.O[C@H](c1c(C2CC2)ccc2cncn12)C1CCC(c2ccc(F)cc2)CC1. The lowest BCUT2D eigenvalue weighted by atomic mass is 9.75. The quantitative estimate of drug-likeness (QED) is 0.164. The van der Waals surface area contributed by atoms with Gasteiger partial charge in [-0.2, -0.15) is 0 Å². The Morgan fingerprint density at radius 1 is 0.463 bits per heavy atom. The molecule has 4 aromatic heterocycles. The highest BCUT2D eigenvalue weighted by Crippen LogP contribution is 2.48. The van der Waals surface area contributed by atoms with E-state index in [9.17, 15) is 19.0 Å². The van der Waals surface area contributed by atoms with Gasteiger partial charge in [-0.3, -0.25) is 0 Å². The fraction of sp³-hybridized carbons (Fsp3) is 0.435. The standard InChI is InChI=1S/2C23H25FN2O/c2*24-19-9-7-16(8-10-19)15-1-5-18(6-2-15)23(27)22-21(17-3-4-17)12-11-20-13-25-14-26(20)22/h2*7-15,17-18,23,27H,1-6H2/t2*15?,18?,23-/m10/s1. The number of fused-ring (bicyclic) bond motifs is 2. The van der Waals surface area contributed by atoms with Crippen LogP contribution in [0.25, 0.3) is 11.0 Å². The van der Waals surface area contributed by atoms with Crippen molar-refractivity contribution in [3.63, 3.8) is 0 Å². The summed E-state index contributed by atoms with van der Waals surface area (Å²) < 4.78 is 30.5. The molecule has 10 rings (SSSR count). The highest BCUT2D eigenvalue weighted by molar-refractivity contribution is 5.51. The average molecular weight is 729 g/mol. The summed E-state index contributed by atoms with van der Waals surface area (Å²) in [5.74, 6) is 2.32. The van der Waals surface area contributed by atoms with Crippen LogP contribution in [-0.2, 0) is 0 Å². The molecule has 0 radical (unpaired) electrons. The summed E-state index contributed by atoms with van der Waals surface area (Å²) in [5.41, 5.74) is 9.25. The summed E-state index contributed by atoms with van der Waals surface area (Å²) in [6.45, 7) is 0. The Bertz CT molecular complexity index is 2030. The molecule has 0 saturated heterocycles. The lowest BCUT2D eigenvalue weighted by Gasteiger charge is -2.33. The van der Waals surface area contributed by atoms with Crippen molar-refractivity contribution in [1.29, 1.82) is 0 Å². The van der Waals surface area contributed by atoms with Gasteiger partial charge in [-0.05, 0) is 171 Å². The molecule has 4 fully saturated rings. The minimum Gasteiger partial charge on any atom is -0.387 e. The first-order valence-corrected chi connectivity index (χ1v) is 20.2. The highest BCUT2D eigenvalue weighted by Gasteiger charge is 2.36. The minimum atomic E-state index is -0.451. The van der Waals surface area contributed by atoms with Crippen LogP contribution in [0.4, 0.5) is 8.78 Å². The number of aromatic nitrogens is 4. The van der Waals surface area contributed by atoms with Gasteiger partial charge in [0.15, 0.2) is 0 Å². The molecule has 4 heterocycles. The smallest absolute Gasteiger partial charge is 0.123 e. The number of pyridine rings is 2. The number of rotatable bonds is 8. The first kappa shape index (κ1) is 35.3. The van der Waals surface area contributed by atoms with Gasteiger partial charge < -0.3 is 19.0 Å². The van der Waals surface area contributed by atoms with Gasteiger partial charge in [0.05, 0.1) is 59.7 Å². The maximum absolute atomic E-state index is 13.2. The van der Waals surface area contributed by atoms with Crippen molar-refractivity contribution in [2.24, 2.45) is 11.8 Å². The molecule has 8 heteroatoms. The van der Waals surface area contributed by atoms with Crippen LogP contribution >= 0.6 is 0 Å². The van der Waals surface area contributed by atoms with E-state index in [0.717, 1.165) is 73.8 Å². The summed E-state index contributed by atoms with van der Waals surface area (Å²) in [7, 11) is 0. The zero-order valence-corrected chi connectivity index (χ0v) is 30.8. The molecular formula is C46H50F2N4O2. The van der Waals surface area contributed by atoms with Crippen LogP contribution < -0.4 is 0 Å². The van der Waals surface area contributed by atoms with Crippen molar-refractivity contribution in [3.8, 4) is 0 Å². The van der Waals surface area contributed by atoms with E-state index in [1.165, 1.54) is 47.9 Å². The van der Waals surface area contributed by atoms with Crippen molar-refractivity contribution in [1.82, 2.24) is 18.8 Å². The third kappa shape index (κ3) is 7.23. The van der Waals surface area contributed by atoms with Crippen LogP contribution in [0.3, 0.4) is 0 Å². The monoisotopic (exact) mass is 728 g/mol. The molecule has 4 aliphatic rings. The predicted molar refractivity (Wildman–Crippen MR) is 206 cm³/mol. The molecule has 0 bridgehead atoms. The van der Waals surface area contributed by atoms with Crippen molar-refractivity contribution in [2.75, 3.05) is 0 Å². The summed E-state index contributed by atoms with van der Waals surface area (Å²) >= 11 is 0. The third-order valence-corrected chi connectivity index (χ3v) is 13.0. The van der Waals surface area contributed by atoms with Gasteiger partial charge in [0.25, 0.3) is 0 Å². The van der Waals surface area contributed by atoms with Crippen molar-refractivity contribution in [3.05, 3.63) is 143 Å². The van der Waals surface area contributed by atoms with Crippen LogP contribution in [0, 0.1) is 23.5 Å². The Labute approximate surface area is 315 Å². The zero-order chi connectivity index (χ0) is 36.8. The van der Waals surface area contributed by atoms with Crippen LogP contribution in [0.15, 0.2) is 97.8 Å². The topological polar surface area (TPSA) is 75.1 Å². The van der Waals surface area contributed by atoms with Gasteiger partial charge in [-0.1, -0.05) is 36.4 Å². The molecule has 4 aliphatic carbocycles. The van der Waals surface area contributed by atoms with Gasteiger partial charge in [0, 0.05) is 0 Å². The minimum absolute atomic E-state index is 0.177. The highest BCUT2D eigenvalue weighted by atomic mass is 19.1. The van der Waals surface area contributed by atoms with Crippen LogP contribution in [-0.4, -0.2) is 29.0 Å². The number of aliphatic hydroxyl groups is 2. The average Bonchev–Trinajstić information content (AvgIpc) is 4.14. The van der Waals surface area contributed by atoms with Gasteiger partial charge in [-0.25, -0.2) is 18.7 Å². The van der Waals surface area contributed by atoms with E-state index >= 15 is 0 Å². The van der Waals surface area contributed by atoms with E-state index in [4.69, 9.17) is 0 Å². The number of aliphatic hydroxyl groups excluding tert-OH is 2. The fourth-order valence-electron chi connectivity index (χ4n) is 9.62. The van der Waals surface area contributed by atoms with Crippen molar-refractivity contribution in [2.45, 2.75) is 113 Å². The summed E-state index contributed by atoms with van der Waals surface area (Å²) in [4.78, 5) is 8.58. The molecule has 2 atom stereocenters. The van der Waals surface area contributed by atoms with Crippen LogP contribution in [0.5, 0.6) is 0 Å². The van der Waals surface area contributed by atoms with E-state index in [1.54, 1.807) is 24.3 Å². The fourth-order valence-corrected chi connectivity index (χ4v) is 9.62. The van der Waals surface area contributed by atoms with E-state index < -0.39 is 12.2 Å². The number of halogens is 2. The van der Waals surface area contributed by atoms with Crippen LogP contribution in [0.2, 0.25) is 0 Å². The maximum atomic E-state index is 13.2. The number of imidazole rings is 2. The van der Waals surface area contributed by atoms with Gasteiger partial charge in [0.2, 0.25) is 0 Å². The summed E-state index contributed by atoms with van der Waals surface area (Å²) in [6.07, 6.45) is 19.6. The molecule has 2 aromatic carbocycles. The maximum Gasteiger partial charge on any atom is 0.123 e. The predicted octanol–water partition coefficient (Wildman–Crippen LogP) is 10.7. The van der Waals surface area contributed by atoms with Crippen molar-refractivity contribution < 1.29 is 19.0 Å². The molecule has 0 aliphatic heterocycles. The van der Waals surface area contributed by atoms with Gasteiger partial charge >= 0.3 is 0 Å². The summed E-state index contributed by atoms with van der Waals surface area (Å²) in [5, 5.41) is 22.6. The Balaban J connectivity index is 0.000000142. The normalized spacial score (nSPS) is 24.2. The molecule has 2 N–H and O–H groups in total. The van der Waals surface area contributed by atoms with E-state index in [1.807, 2.05) is 49.3 Å². The van der Waals surface area contributed by atoms with Gasteiger partial charge in [-0.15, -0.1) is 0 Å². The first-order chi connectivity index (χ1) is 26.4. The van der Waals surface area contributed by atoms with Crippen LogP contribution in [0.1, 0.15) is 147 Å². The largest absolute Gasteiger partial charge is 0.387 e. The Hall–Kier alpha value is -4.40. The van der Waals surface area contributed by atoms with E-state index in [0.29, 0.717) is 23.7 Å². The molecule has 4 saturated carbocycles. The second-order valence-corrected chi connectivity index (χ2v) is 16.5. The number of benzene rings is 2. The molecular weight excluding hydrogens is 679 g/mol. The Morgan fingerprint density at radius 3 is 1.17 bits per heavy atom. The van der Waals surface area contributed by atoms with E-state index in [-0.39, 0.29) is 23.5 Å². The molecule has 0 unspecified atom stereocenters. The number of hydrogen-bond donors (Lipinski definition) is 2. The first-order valence-electron chi connectivity index (χ1n) is 20.2. The zero-order valence-electron chi connectivity index (χ0n) is 30.8. The molecule has 0 amide bonds. The lowest BCUT2D eigenvalue weighted by Crippen LogP contribution is -2.22. The molecule has 54 heavy (non-hydrogen) atoms. The summed E-state index contributed by atoms with van der Waals surface area (Å²) in [6, 6.07) is 22.5. The third-order valence-electron chi connectivity index (χ3n) is 13.0. The molecule has 280 valence electrons. The Kier molecular flexibility index (Phi) is 9.83. The second-order valence-electron chi connectivity index (χ2n) is 16.5.